The second kappa shape index (κ2) is 7.64. The molecule has 1 aromatic carbocycles. The molecule has 0 nitrogen and oxygen atoms in total. The topological polar surface area (TPSA) is 0 Å². The van der Waals surface area contributed by atoms with E-state index in [1.54, 1.807) is 11.8 Å². The highest BCUT2D eigenvalue weighted by atomic mass is 32.2. The lowest BCUT2D eigenvalue weighted by Gasteiger charge is -2.14. The van der Waals surface area contributed by atoms with Gasteiger partial charge in [0.2, 0.25) is 0 Å². The van der Waals surface area contributed by atoms with Crippen LogP contribution in [-0.2, 0) is 6.42 Å². The first kappa shape index (κ1) is 13.5. The molecular formula is C14H18S2. The van der Waals surface area contributed by atoms with Gasteiger partial charge in [-0.05, 0) is 31.1 Å². The van der Waals surface area contributed by atoms with E-state index in [9.17, 15) is 0 Å². The Labute approximate surface area is 108 Å². The monoisotopic (exact) mass is 250 g/mol. The largest absolute Gasteiger partial charge is 0.122 e. The summed E-state index contributed by atoms with van der Waals surface area (Å²) in [6.45, 7) is 3.80. The maximum atomic E-state index is 5.37. The van der Waals surface area contributed by atoms with Gasteiger partial charge in [-0.2, -0.15) is 0 Å². The zero-order chi connectivity index (χ0) is 11.8. The van der Waals surface area contributed by atoms with Crippen LogP contribution < -0.4 is 0 Å². The van der Waals surface area contributed by atoms with Gasteiger partial charge >= 0.3 is 0 Å². The molecule has 0 spiro atoms. The van der Waals surface area contributed by atoms with Crippen molar-refractivity contribution in [1.29, 1.82) is 0 Å². The number of hydrogen-bond donors (Lipinski definition) is 0. The number of rotatable bonds is 6. The minimum absolute atomic E-state index is 0.489. The summed E-state index contributed by atoms with van der Waals surface area (Å²) in [6.07, 6.45) is 7.24. The third kappa shape index (κ3) is 4.50. The van der Waals surface area contributed by atoms with Crippen molar-refractivity contribution in [3.05, 3.63) is 48.6 Å². The van der Waals surface area contributed by atoms with Crippen LogP contribution in [0, 0.1) is 5.92 Å². The highest BCUT2D eigenvalue weighted by Gasteiger charge is 2.11. The molecule has 1 unspecified atom stereocenters. The van der Waals surface area contributed by atoms with Crippen LogP contribution in [0.25, 0.3) is 0 Å². The fraction of sp³-hybridized carbons (Fsp3) is 0.357. The molecule has 0 aliphatic carbocycles. The van der Waals surface area contributed by atoms with Crippen molar-refractivity contribution in [3.63, 3.8) is 0 Å². The first-order chi connectivity index (χ1) is 7.77. The lowest BCUT2D eigenvalue weighted by molar-refractivity contribution is 0.647. The molecule has 0 bridgehead atoms. The van der Waals surface area contributed by atoms with Crippen molar-refractivity contribution in [2.45, 2.75) is 19.3 Å². The molecule has 0 fully saturated rings. The number of aryl methyl sites for hydroxylation is 1. The van der Waals surface area contributed by atoms with Crippen LogP contribution in [0.3, 0.4) is 0 Å². The van der Waals surface area contributed by atoms with E-state index in [1.165, 1.54) is 5.56 Å². The maximum absolute atomic E-state index is 5.37. The number of benzene rings is 1. The molecule has 0 amide bonds. The molecular weight excluding hydrogens is 232 g/mol. The SMILES string of the molecule is C=CCC(CCc1ccccc1)C(=S)SC. The molecule has 0 radical (unpaired) electrons. The van der Waals surface area contributed by atoms with Crippen molar-refractivity contribution < 1.29 is 0 Å². The average molecular weight is 250 g/mol. The first-order valence-corrected chi connectivity index (χ1v) is 7.14. The highest BCUT2D eigenvalue weighted by Crippen LogP contribution is 2.21. The van der Waals surface area contributed by atoms with Gasteiger partial charge in [0.05, 0.1) is 4.20 Å². The average Bonchev–Trinajstić information content (AvgIpc) is 2.34. The van der Waals surface area contributed by atoms with Crippen LogP contribution in [0.2, 0.25) is 0 Å². The molecule has 16 heavy (non-hydrogen) atoms. The smallest absolute Gasteiger partial charge is 0.0510 e. The van der Waals surface area contributed by atoms with E-state index in [0.717, 1.165) is 23.5 Å². The fourth-order valence-electron chi connectivity index (χ4n) is 1.69. The predicted octanol–water partition coefficient (Wildman–Crippen LogP) is 4.50. The minimum atomic E-state index is 0.489. The summed E-state index contributed by atoms with van der Waals surface area (Å²) in [7, 11) is 0. The van der Waals surface area contributed by atoms with E-state index in [2.05, 4.69) is 43.2 Å². The van der Waals surface area contributed by atoms with Crippen LogP contribution in [0.5, 0.6) is 0 Å². The fourth-order valence-corrected chi connectivity index (χ4v) is 2.45. The Morgan fingerprint density at radius 3 is 2.69 bits per heavy atom. The lowest BCUT2D eigenvalue weighted by Crippen LogP contribution is -2.09. The van der Waals surface area contributed by atoms with Crippen molar-refractivity contribution in [1.82, 2.24) is 0 Å². The summed E-state index contributed by atoms with van der Waals surface area (Å²) >= 11 is 7.06. The Kier molecular flexibility index (Phi) is 6.43. The van der Waals surface area contributed by atoms with Gasteiger partial charge < -0.3 is 0 Å². The number of thiocarbonyl (C=S) groups is 1. The highest BCUT2D eigenvalue weighted by molar-refractivity contribution is 8.22. The van der Waals surface area contributed by atoms with Crippen LogP contribution in [0.15, 0.2) is 43.0 Å². The van der Waals surface area contributed by atoms with E-state index >= 15 is 0 Å². The van der Waals surface area contributed by atoms with E-state index < -0.39 is 0 Å². The van der Waals surface area contributed by atoms with Gasteiger partial charge in [0.1, 0.15) is 0 Å². The van der Waals surface area contributed by atoms with Gasteiger partial charge in [-0.1, -0.05) is 48.6 Å². The number of hydrogen-bond acceptors (Lipinski definition) is 2. The Morgan fingerprint density at radius 2 is 2.12 bits per heavy atom. The maximum Gasteiger partial charge on any atom is 0.0510 e. The Bertz CT molecular complexity index is 330. The molecule has 0 heterocycles. The molecule has 0 aliphatic heterocycles. The number of allylic oxidation sites excluding steroid dienone is 1. The Balaban J connectivity index is 2.50. The van der Waals surface area contributed by atoms with E-state index in [-0.39, 0.29) is 0 Å². The van der Waals surface area contributed by atoms with Crippen molar-refractivity contribution >= 4 is 28.2 Å². The quantitative estimate of drug-likeness (QED) is 0.538. The summed E-state index contributed by atoms with van der Waals surface area (Å²) in [5.41, 5.74) is 1.39. The molecule has 0 aliphatic rings. The second-order valence-corrected chi connectivity index (χ2v) is 5.32. The molecule has 86 valence electrons. The van der Waals surface area contributed by atoms with Gasteiger partial charge in [-0.25, -0.2) is 0 Å². The molecule has 0 aromatic heterocycles. The molecule has 2 heteroatoms. The molecule has 0 saturated heterocycles. The lowest BCUT2D eigenvalue weighted by atomic mass is 9.98. The third-order valence-corrected chi connectivity index (χ3v) is 4.18. The minimum Gasteiger partial charge on any atom is -0.122 e. The zero-order valence-corrected chi connectivity index (χ0v) is 11.3. The van der Waals surface area contributed by atoms with Crippen LogP contribution in [0.1, 0.15) is 18.4 Å². The van der Waals surface area contributed by atoms with Crippen LogP contribution in [0.4, 0.5) is 0 Å². The predicted molar refractivity (Wildman–Crippen MR) is 79.2 cm³/mol. The van der Waals surface area contributed by atoms with Crippen molar-refractivity contribution in [3.8, 4) is 0 Å². The standard InChI is InChI=1S/C14H18S2/c1-3-7-13(14(15)16-2)11-10-12-8-5-4-6-9-12/h3-6,8-9,13H,1,7,10-11H2,2H3. The van der Waals surface area contributed by atoms with E-state index in [1.807, 2.05) is 6.08 Å². The second-order valence-electron chi connectivity index (χ2n) is 3.77. The van der Waals surface area contributed by atoms with Gasteiger partial charge in [-0.15, -0.1) is 18.3 Å². The number of thioether (sulfide) groups is 1. The summed E-state index contributed by atoms with van der Waals surface area (Å²) in [4.78, 5) is 0. The van der Waals surface area contributed by atoms with Gasteiger partial charge in [0, 0.05) is 5.92 Å². The molecule has 1 atom stereocenters. The van der Waals surface area contributed by atoms with Crippen molar-refractivity contribution in [2.24, 2.45) is 5.92 Å². The zero-order valence-electron chi connectivity index (χ0n) is 9.69. The van der Waals surface area contributed by atoms with Crippen LogP contribution >= 0.6 is 24.0 Å². The summed E-state index contributed by atoms with van der Waals surface area (Å²) < 4.78 is 1.11. The van der Waals surface area contributed by atoms with Crippen LogP contribution in [-0.4, -0.2) is 10.5 Å². The van der Waals surface area contributed by atoms with E-state index in [4.69, 9.17) is 12.2 Å². The normalized spacial score (nSPS) is 12.1. The first-order valence-electron chi connectivity index (χ1n) is 5.50. The summed E-state index contributed by atoms with van der Waals surface area (Å²) in [6, 6.07) is 10.6. The van der Waals surface area contributed by atoms with Gasteiger partial charge in [0.15, 0.2) is 0 Å². The van der Waals surface area contributed by atoms with E-state index in [0.29, 0.717) is 5.92 Å². The van der Waals surface area contributed by atoms with Gasteiger partial charge in [-0.3, -0.25) is 0 Å². The van der Waals surface area contributed by atoms with Crippen molar-refractivity contribution in [2.75, 3.05) is 6.26 Å². The van der Waals surface area contributed by atoms with Gasteiger partial charge in [0.25, 0.3) is 0 Å². The summed E-state index contributed by atoms with van der Waals surface area (Å²) in [5.74, 6) is 0.489. The molecule has 1 rings (SSSR count). The summed E-state index contributed by atoms with van der Waals surface area (Å²) in [5, 5.41) is 0. The Morgan fingerprint density at radius 1 is 1.44 bits per heavy atom. The third-order valence-electron chi connectivity index (χ3n) is 2.61. The molecule has 0 N–H and O–H groups in total. The molecule has 1 aromatic rings. The molecule has 0 saturated carbocycles. The Hall–Kier alpha value is -0.600.